The Hall–Kier alpha value is -3.30. The number of hydrogen-bond donors (Lipinski definition) is 3. The number of amides is 2. The number of aromatic amines is 1. The number of benzene rings is 1. The van der Waals surface area contributed by atoms with Gasteiger partial charge in [0.1, 0.15) is 5.66 Å². The third kappa shape index (κ3) is 6.70. The number of rotatable bonds is 8. The van der Waals surface area contributed by atoms with Gasteiger partial charge in [-0.25, -0.2) is 4.99 Å². The zero-order valence-corrected chi connectivity index (χ0v) is 25.2. The van der Waals surface area contributed by atoms with Gasteiger partial charge in [-0.15, -0.1) is 10.2 Å². The van der Waals surface area contributed by atoms with Crippen molar-refractivity contribution in [2.75, 3.05) is 6.54 Å². The highest BCUT2D eigenvalue weighted by Crippen LogP contribution is 2.49. The largest absolute Gasteiger partial charge is 0.366 e. The van der Waals surface area contributed by atoms with Gasteiger partial charge in [0, 0.05) is 12.1 Å². The quantitative estimate of drug-likeness (QED) is 0.434. The molecule has 4 rings (SSSR count). The van der Waals surface area contributed by atoms with E-state index in [1.54, 1.807) is 0 Å². The molecule has 2 aliphatic rings. The van der Waals surface area contributed by atoms with Gasteiger partial charge in [0.25, 0.3) is 11.8 Å². The Labute approximate surface area is 238 Å². The maximum Gasteiger partial charge on any atom is 0.291 e. The van der Waals surface area contributed by atoms with Crippen LogP contribution in [0.15, 0.2) is 29.3 Å². The Kier molecular flexibility index (Phi) is 8.66. The number of H-pyrrole nitrogens is 1. The van der Waals surface area contributed by atoms with Crippen molar-refractivity contribution in [1.29, 1.82) is 0 Å². The van der Waals surface area contributed by atoms with Crippen LogP contribution in [0.2, 0.25) is 0 Å². The molecule has 1 aromatic heterocycles. The fourth-order valence-electron chi connectivity index (χ4n) is 6.02. The highest BCUT2D eigenvalue weighted by Gasteiger charge is 2.52. The van der Waals surface area contributed by atoms with Crippen LogP contribution in [0.1, 0.15) is 115 Å². The molecule has 1 spiro atoms. The highest BCUT2D eigenvalue weighted by molar-refractivity contribution is 6.39. The Morgan fingerprint density at radius 1 is 1.12 bits per heavy atom. The minimum Gasteiger partial charge on any atom is -0.366 e. The first kappa shape index (κ1) is 29.7. The fourth-order valence-corrected chi connectivity index (χ4v) is 6.02. The first-order valence-corrected chi connectivity index (χ1v) is 14.6. The van der Waals surface area contributed by atoms with E-state index in [9.17, 15) is 9.59 Å². The lowest BCUT2D eigenvalue weighted by Gasteiger charge is -2.47. The van der Waals surface area contributed by atoms with Crippen LogP contribution in [-0.4, -0.2) is 55.4 Å². The van der Waals surface area contributed by atoms with E-state index in [1.807, 2.05) is 31.2 Å². The molecule has 10 nitrogen and oxygen atoms in total. The van der Waals surface area contributed by atoms with Crippen molar-refractivity contribution < 1.29 is 9.59 Å². The van der Waals surface area contributed by atoms with Crippen molar-refractivity contribution in [1.82, 2.24) is 36.2 Å². The molecule has 2 heterocycles. The number of nitrogens with one attached hydrogen (secondary N) is 3. The summed E-state index contributed by atoms with van der Waals surface area (Å²) in [6.45, 7) is 16.5. The van der Waals surface area contributed by atoms with Crippen molar-refractivity contribution >= 4 is 17.6 Å². The summed E-state index contributed by atoms with van der Waals surface area (Å²) in [5, 5.41) is 19.7. The fraction of sp³-hybridized carbons (Fsp3) is 0.667. The summed E-state index contributed by atoms with van der Waals surface area (Å²) in [6, 6.07) is 7.50. The lowest BCUT2D eigenvalue weighted by atomic mass is 9.69. The van der Waals surface area contributed by atoms with Gasteiger partial charge in [0.15, 0.2) is 11.7 Å². The maximum absolute atomic E-state index is 14.0. The first-order valence-electron chi connectivity index (χ1n) is 14.6. The van der Waals surface area contributed by atoms with Crippen LogP contribution in [0, 0.1) is 16.7 Å². The van der Waals surface area contributed by atoms with E-state index in [2.05, 4.69) is 77.7 Å². The van der Waals surface area contributed by atoms with Crippen LogP contribution in [-0.2, 0) is 11.3 Å². The molecule has 3 N–H and O–H groups in total. The molecule has 1 aliphatic carbocycles. The Morgan fingerprint density at radius 2 is 1.80 bits per heavy atom. The molecule has 1 fully saturated rings. The van der Waals surface area contributed by atoms with E-state index in [0.717, 1.165) is 44.1 Å². The summed E-state index contributed by atoms with van der Waals surface area (Å²) in [7, 11) is 0. The van der Waals surface area contributed by atoms with Gasteiger partial charge in [0.2, 0.25) is 0 Å². The third-order valence-corrected chi connectivity index (χ3v) is 8.38. The van der Waals surface area contributed by atoms with Crippen LogP contribution >= 0.6 is 0 Å². The molecule has 2 amide bonds. The second kappa shape index (κ2) is 11.7. The van der Waals surface area contributed by atoms with Crippen LogP contribution in [0.5, 0.6) is 0 Å². The Bertz CT molecular complexity index is 1180. The van der Waals surface area contributed by atoms with Gasteiger partial charge in [-0.2, -0.15) is 5.21 Å². The predicted molar refractivity (Wildman–Crippen MR) is 155 cm³/mol. The average molecular weight is 551 g/mol. The lowest BCUT2D eigenvalue weighted by molar-refractivity contribution is -0.134. The summed E-state index contributed by atoms with van der Waals surface area (Å²) < 4.78 is 0. The molecule has 0 unspecified atom stereocenters. The minimum atomic E-state index is -0.542. The SMILES string of the molecule is CCNC1=NC2(CCC(C(C)(C)C)CC2)N([C@H](CCC(C)(C)C)c2ccc(C(=O)NCc3nn[nH]n3)cc2)C1=O. The number of carbonyl (C=O) groups is 2. The maximum atomic E-state index is 14.0. The topological polar surface area (TPSA) is 128 Å². The number of hydrogen-bond acceptors (Lipinski definition) is 7. The molecule has 0 radical (unpaired) electrons. The van der Waals surface area contributed by atoms with Crippen molar-refractivity contribution in [3.63, 3.8) is 0 Å². The van der Waals surface area contributed by atoms with E-state index >= 15 is 0 Å². The average Bonchev–Trinajstić information content (AvgIpc) is 3.50. The first-order chi connectivity index (χ1) is 18.8. The van der Waals surface area contributed by atoms with Crippen LogP contribution in [0.3, 0.4) is 0 Å². The Balaban J connectivity index is 1.62. The minimum absolute atomic E-state index is 0.0168. The zero-order valence-electron chi connectivity index (χ0n) is 25.2. The lowest BCUT2D eigenvalue weighted by Crippen LogP contribution is -2.52. The number of amidine groups is 1. The molecule has 1 saturated carbocycles. The van der Waals surface area contributed by atoms with Crippen molar-refractivity contribution in [2.24, 2.45) is 21.7 Å². The van der Waals surface area contributed by atoms with Gasteiger partial charge in [-0.3, -0.25) is 9.59 Å². The Morgan fingerprint density at radius 3 is 2.35 bits per heavy atom. The molecule has 1 atom stereocenters. The van der Waals surface area contributed by atoms with Gasteiger partial charge in [0.05, 0.1) is 12.6 Å². The number of nitrogens with zero attached hydrogens (tertiary/aromatic N) is 5. The molecule has 0 saturated heterocycles. The monoisotopic (exact) mass is 550 g/mol. The van der Waals surface area contributed by atoms with Gasteiger partial charge in [-0.05, 0) is 79.9 Å². The van der Waals surface area contributed by atoms with Crippen LogP contribution in [0.4, 0.5) is 0 Å². The summed E-state index contributed by atoms with van der Waals surface area (Å²) in [5.74, 6) is 1.27. The molecule has 2 aromatic rings. The van der Waals surface area contributed by atoms with Crippen molar-refractivity contribution in [3.05, 3.63) is 41.2 Å². The second-order valence-corrected chi connectivity index (χ2v) is 13.5. The van der Waals surface area contributed by atoms with Crippen LogP contribution in [0.25, 0.3) is 0 Å². The molecular weight excluding hydrogens is 504 g/mol. The molecule has 10 heteroatoms. The number of tetrazole rings is 1. The van der Waals surface area contributed by atoms with Gasteiger partial charge < -0.3 is 15.5 Å². The molecular formula is C30H46N8O2. The molecule has 0 bridgehead atoms. The normalized spacial score (nSPS) is 22.4. The molecule has 1 aromatic carbocycles. The second-order valence-electron chi connectivity index (χ2n) is 13.5. The molecule has 40 heavy (non-hydrogen) atoms. The standard InChI is InChI=1S/C30H46N8O2/c1-8-31-25-27(40)38(30(33-25)17-13-22(14-18-30)29(5,6)7)23(15-16-28(2,3)4)20-9-11-21(12-10-20)26(39)32-19-24-34-36-37-35-24/h9-12,22-23H,8,13-19H2,1-7H3,(H,31,33)(H,32,39)(H,34,35,36,37)/t22?,23-,30?/m1/s1. The van der Waals surface area contributed by atoms with Crippen molar-refractivity contribution in [2.45, 2.75) is 105 Å². The molecule has 218 valence electrons. The van der Waals surface area contributed by atoms with E-state index in [1.165, 1.54) is 0 Å². The van der Waals surface area contributed by atoms with Gasteiger partial charge in [-0.1, -0.05) is 58.9 Å². The number of aromatic nitrogens is 4. The number of likely N-dealkylation sites (N-methyl/N-ethyl adjacent to an activating group) is 1. The third-order valence-electron chi connectivity index (χ3n) is 8.38. The van der Waals surface area contributed by atoms with E-state index in [-0.39, 0.29) is 35.2 Å². The smallest absolute Gasteiger partial charge is 0.291 e. The number of aliphatic imine (C=N–C) groups is 1. The zero-order chi connectivity index (χ0) is 29.1. The predicted octanol–water partition coefficient (Wildman–Crippen LogP) is 4.78. The highest BCUT2D eigenvalue weighted by atomic mass is 16.2. The van der Waals surface area contributed by atoms with E-state index in [0.29, 0.717) is 29.7 Å². The summed E-state index contributed by atoms with van der Waals surface area (Å²) in [5.41, 5.74) is 1.37. The van der Waals surface area contributed by atoms with E-state index in [4.69, 9.17) is 4.99 Å². The van der Waals surface area contributed by atoms with Crippen LogP contribution < -0.4 is 10.6 Å². The summed E-state index contributed by atoms with van der Waals surface area (Å²) in [6.07, 6.45) is 5.57. The summed E-state index contributed by atoms with van der Waals surface area (Å²) >= 11 is 0. The summed E-state index contributed by atoms with van der Waals surface area (Å²) in [4.78, 5) is 34.0. The number of carbonyl (C=O) groups excluding carboxylic acids is 2. The van der Waals surface area contributed by atoms with E-state index < -0.39 is 5.66 Å². The molecule has 1 aliphatic heterocycles. The van der Waals surface area contributed by atoms with Gasteiger partial charge >= 0.3 is 0 Å². The van der Waals surface area contributed by atoms with Crippen molar-refractivity contribution in [3.8, 4) is 0 Å².